The van der Waals surface area contributed by atoms with Crippen LogP contribution in [0, 0.1) is 6.92 Å². The number of alkyl halides is 2. The molecule has 0 amide bonds. The van der Waals surface area contributed by atoms with E-state index in [2.05, 4.69) is 33.8 Å². The van der Waals surface area contributed by atoms with E-state index in [9.17, 15) is 8.78 Å². The molecule has 1 fully saturated rings. The fourth-order valence-electron chi connectivity index (χ4n) is 3.19. The molecule has 0 bridgehead atoms. The molecule has 2 rings (SSSR count). The second-order valence-electron chi connectivity index (χ2n) is 6.66. The summed E-state index contributed by atoms with van der Waals surface area (Å²) in [5.74, 6) is 1.66. The molecular weight excluding hydrogens is 465 g/mol. The standard InChI is InChI=1S/C19H30F2N4O.HI/c1-14-4-5-15(12-17(14)26-3)6-9-23-19(22-2)24-16-7-10-25(11-8-16)13-18(20)21;/h4-5,12,16,18H,6-11,13H2,1-3H3,(H2,22,23,24);1H. The first-order valence-corrected chi connectivity index (χ1v) is 9.13. The van der Waals surface area contributed by atoms with Gasteiger partial charge in [0.05, 0.1) is 13.7 Å². The third kappa shape index (κ3) is 8.16. The number of halogens is 3. The van der Waals surface area contributed by atoms with Crippen molar-refractivity contribution in [3.8, 4) is 5.75 Å². The van der Waals surface area contributed by atoms with Crippen molar-refractivity contribution in [2.45, 2.75) is 38.7 Å². The highest BCUT2D eigenvalue weighted by Gasteiger charge is 2.21. The van der Waals surface area contributed by atoms with Gasteiger partial charge in [0.15, 0.2) is 5.96 Å². The van der Waals surface area contributed by atoms with Crippen molar-refractivity contribution in [2.75, 3.05) is 40.3 Å². The SMILES string of the molecule is CN=C(NCCc1ccc(C)c(OC)c1)NC1CCN(CC(F)F)CC1.I. The van der Waals surface area contributed by atoms with Gasteiger partial charge in [-0.1, -0.05) is 12.1 Å². The Labute approximate surface area is 178 Å². The zero-order valence-electron chi connectivity index (χ0n) is 16.3. The molecule has 1 saturated heterocycles. The number of nitrogens with zero attached hydrogens (tertiary/aromatic N) is 2. The molecule has 1 heterocycles. The second-order valence-corrected chi connectivity index (χ2v) is 6.66. The maximum absolute atomic E-state index is 12.4. The molecule has 0 unspecified atom stereocenters. The lowest BCUT2D eigenvalue weighted by molar-refractivity contribution is 0.0744. The molecule has 1 aromatic rings. The molecule has 0 spiro atoms. The van der Waals surface area contributed by atoms with Crippen LogP contribution in [0.15, 0.2) is 23.2 Å². The molecular formula is C19H31F2IN4O. The number of hydrogen-bond donors (Lipinski definition) is 2. The topological polar surface area (TPSA) is 48.9 Å². The van der Waals surface area contributed by atoms with E-state index in [1.165, 1.54) is 5.56 Å². The number of piperidine rings is 1. The highest BCUT2D eigenvalue weighted by atomic mass is 127. The zero-order chi connectivity index (χ0) is 18.9. The van der Waals surface area contributed by atoms with Crippen molar-refractivity contribution in [1.82, 2.24) is 15.5 Å². The Bertz CT molecular complexity index is 593. The van der Waals surface area contributed by atoms with Gasteiger partial charge in [0.2, 0.25) is 0 Å². The third-order valence-electron chi connectivity index (χ3n) is 4.73. The summed E-state index contributed by atoms with van der Waals surface area (Å²) in [6.07, 6.45) is 0.310. The van der Waals surface area contributed by atoms with Crippen molar-refractivity contribution < 1.29 is 13.5 Å². The summed E-state index contributed by atoms with van der Waals surface area (Å²) in [6.45, 7) is 4.05. The van der Waals surface area contributed by atoms with E-state index < -0.39 is 6.43 Å². The van der Waals surface area contributed by atoms with Crippen LogP contribution in [0.5, 0.6) is 5.75 Å². The van der Waals surface area contributed by atoms with E-state index in [0.717, 1.165) is 43.1 Å². The molecule has 2 N–H and O–H groups in total. The van der Waals surface area contributed by atoms with Crippen LogP contribution >= 0.6 is 24.0 Å². The van der Waals surface area contributed by atoms with E-state index in [0.29, 0.717) is 13.1 Å². The molecule has 0 radical (unpaired) electrons. The lowest BCUT2D eigenvalue weighted by atomic mass is 10.1. The molecule has 27 heavy (non-hydrogen) atoms. The highest BCUT2D eigenvalue weighted by Crippen LogP contribution is 2.19. The van der Waals surface area contributed by atoms with Crippen molar-refractivity contribution in [1.29, 1.82) is 0 Å². The summed E-state index contributed by atoms with van der Waals surface area (Å²) in [6, 6.07) is 6.50. The van der Waals surface area contributed by atoms with Gasteiger partial charge in [-0.3, -0.25) is 9.89 Å². The van der Waals surface area contributed by atoms with Gasteiger partial charge in [-0.05, 0) is 43.4 Å². The Morgan fingerprint density at radius 1 is 1.33 bits per heavy atom. The molecule has 1 aliphatic rings. The number of aliphatic imine (C=N–C) groups is 1. The van der Waals surface area contributed by atoms with E-state index in [4.69, 9.17) is 4.74 Å². The van der Waals surface area contributed by atoms with E-state index >= 15 is 0 Å². The van der Waals surface area contributed by atoms with Gasteiger partial charge in [-0.15, -0.1) is 24.0 Å². The summed E-state index contributed by atoms with van der Waals surface area (Å²) in [5, 5.41) is 6.72. The Balaban J connectivity index is 0.00000364. The summed E-state index contributed by atoms with van der Waals surface area (Å²) >= 11 is 0. The Morgan fingerprint density at radius 3 is 2.63 bits per heavy atom. The van der Waals surface area contributed by atoms with Gasteiger partial charge in [-0.2, -0.15) is 0 Å². The summed E-state index contributed by atoms with van der Waals surface area (Å²) in [5.41, 5.74) is 2.33. The van der Waals surface area contributed by atoms with Crippen molar-refractivity contribution in [3.05, 3.63) is 29.3 Å². The zero-order valence-corrected chi connectivity index (χ0v) is 18.6. The maximum atomic E-state index is 12.4. The summed E-state index contributed by atoms with van der Waals surface area (Å²) in [4.78, 5) is 6.09. The first-order chi connectivity index (χ1) is 12.5. The van der Waals surface area contributed by atoms with Gasteiger partial charge in [0.1, 0.15) is 5.75 Å². The summed E-state index contributed by atoms with van der Waals surface area (Å²) in [7, 11) is 3.43. The first kappa shape index (κ1) is 23.9. The number of methoxy groups -OCH3 is 1. The lowest BCUT2D eigenvalue weighted by Crippen LogP contribution is -2.49. The fourth-order valence-corrected chi connectivity index (χ4v) is 3.19. The predicted molar refractivity (Wildman–Crippen MR) is 117 cm³/mol. The number of benzene rings is 1. The average Bonchev–Trinajstić information content (AvgIpc) is 2.63. The largest absolute Gasteiger partial charge is 0.496 e. The van der Waals surface area contributed by atoms with Crippen LogP contribution in [0.2, 0.25) is 0 Å². The predicted octanol–water partition coefficient (Wildman–Crippen LogP) is 3.06. The number of ether oxygens (including phenoxy) is 1. The van der Waals surface area contributed by atoms with Crippen LogP contribution in [0.25, 0.3) is 0 Å². The quantitative estimate of drug-likeness (QED) is 0.346. The molecule has 154 valence electrons. The minimum atomic E-state index is -2.26. The summed E-state index contributed by atoms with van der Waals surface area (Å²) < 4.78 is 30.2. The monoisotopic (exact) mass is 496 g/mol. The van der Waals surface area contributed by atoms with Crippen molar-refractivity contribution >= 4 is 29.9 Å². The van der Waals surface area contributed by atoms with Gasteiger partial charge in [0, 0.05) is 32.7 Å². The van der Waals surface area contributed by atoms with Gasteiger partial charge < -0.3 is 15.4 Å². The lowest BCUT2D eigenvalue weighted by Gasteiger charge is -2.32. The first-order valence-electron chi connectivity index (χ1n) is 9.13. The number of likely N-dealkylation sites (tertiary alicyclic amines) is 1. The number of rotatable bonds is 7. The van der Waals surface area contributed by atoms with Crippen LogP contribution in [0.4, 0.5) is 8.78 Å². The van der Waals surface area contributed by atoms with Gasteiger partial charge >= 0.3 is 0 Å². The molecule has 0 aliphatic carbocycles. The van der Waals surface area contributed by atoms with Crippen LogP contribution in [0.3, 0.4) is 0 Å². The van der Waals surface area contributed by atoms with Gasteiger partial charge in [0.25, 0.3) is 6.43 Å². The minimum absolute atomic E-state index is 0. The van der Waals surface area contributed by atoms with E-state index in [-0.39, 0.29) is 36.6 Å². The number of guanidine groups is 1. The molecule has 1 aliphatic heterocycles. The van der Waals surface area contributed by atoms with Crippen molar-refractivity contribution in [3.63, 3.8) is 0 Å². The second kappa shape index (κ2) is 12.3. The normalized spacial score (nSPS) is 16.1. The van der Waals surface area contributed by atoms with Crippen LogP contribution < -0.4 is 15.4 Å². The van der Waals surface area contributed by atoms with E-state index in [1.54, 1.807) is 14.2 Å². The molecule has 0 saturated carbocycles. The fraction of sp³-hybridized carbons (Fsp3) is 0.632. The number of hydrogen-bond acceptors (Lipinski definition) is 3. The minimum Gasteiger partial charge on any atom is -0.496 e. The third-order valence-corrected chi connectivity index (χ3v) is 4.73. The molecule has 0 aromatic heterocycles. The molecule has 1 aromatic carbocycles. The highest BCUT2D eigenvalue weighted by molar-refractivity contribution is 14.0. The Hall–Kier alpha value is -1.16. The molecule has 5 nitrogen and oxygen atoms in total. The molecule has 8 heteroatoms. The smallest absolute Gasteiger partial charge is 0.251 e. The van der Waals surface area contributed by atoms with Gasteiger partial charge in [-0.25, -0.2) is 8.78 Å². The van der Waals surface area contributed by atoms with E-state index in [1.807, 2.05) is 11.8 Å². The van der Waals surface area contributed by atoms with Crippen molar-refractivity contribution in [2.24, 2.45) is 4.99 Å². The number of nitrogens with one attached hydrogen (secondary N) is 2. The van der Waals surface area contributed by atoms with Crippen LogP contribution in [-0.4, -0.2) is 63.7 Å². The maximum Gasteiger partial charge on any atom is 0.251 e. The Kier molecular flexibility index (Phi) is 10.9. The Morgan fingerprint density at radius 2 is 2.04 bits per heavy atom. The number of aryl methyl sites for hydroxylation is 1. The average molecular weight is 496 g/mol. The van der Waals surface area contributed by atoms with Crippen LogP contribution in [-0.2, 0) is 6.42 Å². The molecule has 0 atom stereocenters. The van der Waals surface area contributed by atoms with Crippen LogP contribution in [0.1, 0.15) is 24.0 Å².